The number of benzene rings is 2. The van der Waals surface area contributed by atoms with Gasteiger partial charge in [0, 0.05) is 6.54 Å². The number of carbonyl (C=O) groups excluding carboxylic acids is 1. The molecular formula is C17H17BN2O4. The molecule has 6 nitrogen and oxygen atoms in total. The van der Waals surface area contributed by atoms with Gasteiger partial charge in [0.1, 0.15) is 0 Å². The van der Waals surface area contributed by atoms with Crippen molar-refractivity contribution in [3.8, 4) is 0 Å². The Morgan fingerprint density at radius 3 is 2.71 bits per heavy atom. The van der Waals surface area contributed by atoms with Crippen molar-refractivity contribution >= 4 is 29.6 Å². The smallest absolute Gasteiger partial charge is 0.465 e. The average molecular weight is 324 g/mol. The van der Waals surface area contributed by atoms with E-state index in [0.717, 1.165) is 22.2 Å². The van der Waals surface area contributed by atoms with Crippen molar-refractivity contribution in [1.82, 2.24) is 9.55 Å². The van der Waals surface area contributed by atoms with Gasteiger partial charge in [0.2, 0.25) is 0 Å². The minimum absolute atomic E-state index is 0.387. The fraction of sp³-hybridized carbons (Fsp3) is 0.176. The quantitative estimate of drug-likeness (QED) is 0.549. The fourth-order valence-corrected chi connectivity index (χ4v) is 2.67. The molecule has 0 atom stereocenters. The van der Waals surface area contributed by atoms with Gasteiger partial charge in [-0.25, -0.2) is 9.78 Å². The van der Waals surface area contributed by atoms with Gasteiger partial charge < -0.3 is 19.4 Å². The summed E-state index contributed by atoms with van der Waals surface area (Å²) in [6, 6.07) is 10.5. The Morgan fingerprint density at radius 2 is 2.04 bits per heavy atom. The third kappa shape index (κ3) is 3.04. The first-order valence-corrected chi connectivity index (χ1v) is 7.48. The molecule has 122 valence electrons. The van der Waals surface area contributed by atoms with Crippen molar-refractivity contribution in [3.05, 3.63) is 59.4 Å². The maximum atomic E-state index is 11.7. The van der Waals surface area contributed by atoms with Crippen LogP contribution >= 0.6 is 0 Å². The SMILES string of the molecule is COC(=O)c1ccc2ncn(Cc3ccc(B(O)O)cc3C)c2c1. The summed E-state index contributed by atoms with van der Waals surface area (Å²) in [4.78, 5) is 16.1. The predicted octanol–water partition coefficient (Wildman–Crippen LogP) is 0.859. The molecule has 0 unspecified atom stereocenters. The molecule has 0 amide bonds. The molecule has 0 aliphatic carbocycles. The number of hydrogen-bond acceptors (Lipinski definition) is 5. The van der Waals surface area contributed by atoms with E-state index in [1.165, 1.54) is 7.11 Å². The van der Waals surface area contributed by atoms with Gasteiger partial charge in [-0.1, -0.05) is 18.2 Å². The Kier molecular flexibility index (Phi) is 4.37. The maximum absolute atomic E-state index is 11.7. The van der Waals surface area contributed by atoms with E-state index in [9.17, 15) is 14.8 Å². The fourth-order valence-electron chi connectivity index (χ4n) is 2.67. The van der Waals surface area contributed by atoms with Crippen LogP contribution in [-0.2, 0) is 11.3 Å². The number of rotatable bonds is 4. The molecule has 0 radical (unpaired) electrons. The molecule has 2 N–H and O–H groups in total. The Bertz CT molecular complexity index is 905. The van der Waals surface area contributed by atoms with Crippen LogP contribution in [0, 0.1) is 6.92 Å². The molecule has 1 aromatic heterocycles. The summed E-state index contributed by atoms with van der Waals surface area (Å²) in [5, 5.41) is 18.5. The highest BCUT2D eigenvalue weighted by Gasteiger charge is 2.13. The lowest BCUT2D eigenvalue weighted by atomic mass is 9.79. The van der Waals surface area contributed by atoms with E-state index in [1.54, 1.807) is 36.7 Å². The molecule has 0 saturated heterocycles. The van der Waals surface area contributed by atoms with Crippen molar-refractivity contribution in [3.63, 3.8) is 0 Å². The number of ether oxygens (including phenoxy) is 1. The van der Waals surface area contributed by atoms with E-state index >= 15 is 0 Å². The standard InChI is InChI=1S/C17H17BN2O4/c1-11-7-14(18(22)23)5-3-13(11)9-20-10-19-15-6-4-12(8-16(15)20)17(21)24-2/h3-8,10,22-23H,9H2,1-2H3. The first-order chi connectivity index (χ1) is 11.5. The summed E-state index contributed by atoms with van der Waals surface area (Å²) in [6.07, 6.45) is 1.72. The van der Waals surface area contributed by atoms with Crippen molar-refractivity contribution in [2.45, 2.75) is 13.5 Å². The minimum Gasteiger partial charge on any atom is -0.465 e. The second-order valence-corrected chi connectivity index (χ2v) is 5.63. The zero-order valence-electron chi connectivity index (χ0n) is 13.4. The molecule has 0 bridgehead atoms. The number of fused-ring (bicyclic) bond motifs is 1. The lowest BCUT2D eigenvalue weighted by molar-refractivity contribution is 0.0601. The van der Waals surface area contributed by atoms with Crippen LogP contribution in [0.15, 0.2) is 42.7 Å². The molecule has 0 spiro atoms. The molecule has 24 heavy (non-hydrogen) atoms. The lowest BCUT2D eigenvalue weighted by Gasteiger charge is -2.10. The van der Waals surface area contributed by atoms with Crippen LogP contribution in [0.2, 0.25) is 0 Å². The van der Waals surface area contributed by atoms with Gasteiger partial charge in [-0.15, -0.1) is 0 Å². The molecule has 7 heteroatoms. The van der Waals surface area contributed by atoms with E-state index in [0.29, 0.717) is 17.6 Å². The van der Waals surface area contributed by atoms with E-state index in [4.69, 9.17) is 4.74 Å². The van der Waals surface area contributed by atoms with Crippen molar-refractivity contribution in [1.29, 1.82) is 0 Å². The Labute approximate surface area is 139 Å². The molecule has 1 heterocycles. The minimum atomic E-state index is -1.48. The molecule has 3 rings (SSSR count). The first kappa shape index (κ1) is 16.2. The second-order valence-electron chi connectivity index (χ2n) is 5.63. The van der Waals surface area contributed by atoms with Crippen LogP contribution in [0.25, 0.3) is 11.0 Å². The van der Waals surface area contributed by atoms with Crippen LogP contribution in [-0.4, -0.2) is 39.8 Å². The van der Waals surface area contributed by atoms with Gasteiger partial charge >= 0.3 is 13.1 Å². The number of esters is 1. The highest BCUT2D eigenvalue weighted by atomic mass is 16.5. The predicted molar refractivity (Wildman–Crippen MR) is 91.2 cm³/mol. The molecule has 0 saturated carbocycles. The summed E-state index contributed by atoms with van der Waals surface area (Å²) < 4.78 is 6.70. The Balaban J connectivity index is 1.97. The molecule has 0 fully saturated rings. The molecule has 3 aromatic rings. The summed E-state index contributed by atoms with van der Waals surface area (Å²) >= 11 is 0. The number of nitrogens with zero attached hydrogens (tertiary/aromatic N) is 2. The topological polar surface area (TPSA) is 84.6 Å². The lowest BCUT2D eigenvalue weighted by Crippen LogP contribution is -2.30. The van der Waals surface area contributed by atoms with E-state index < -0.39 is 7.12 Å². The number of imidazole rings is 1. The first-order valence-electron chi connectivity index (χ1n) is 7.48. The normalized spacial score (nSPS) is 10.8. The zero-order chi connectivity index (χ0) is 17.3. The van der Waals surface area contributed by atoms with E-state index in [2.05, 4.69) is 4.98 Å². The van der Waals surface area contributed by atoms with Gasteiger partial charge in [-0.05, 0) is 41.7 Å². The van der Waals surface area contributed by atoms with E-state index in [-0.39, 0.29) is 5.97 Å². The van der Waals surface area contributed by atoms with Gasteiger partial charge in [-0.3, -0.25) is 0 Å². The van der Waals surface area contributed by atoms with E-state index in [1.807, 2.05) is 17.6 Å². The van der Waals surface area contributed by atoms with Crippen molar-refractivity contribution in [2.75, 3.05) is 7.11 Å². The average Bonchev–Trinajstić information content (AvgIpc) is 2.98. The summed E-state index contributed by atoms with van der Waals surface area (Å²) in [6.45, 7) is 2.48. The van der Waals surface area contributed by atoms with Crippen molar-refractivity contribution < 1.29 is 19.6 Å². The maximum Gasteiger partial charge on any atom is 0.488 e. The van der Waals surface area contributed by atoms with Crippen LogP contribution in [0.5, 0.6) is 0 Å². The van der Waals surface area contributed by atoms with Crippen LogP contribution < -0.4 is 5.46 Å². The van der Waals surface area contributed by atoms with Gasteiger partial charge in [0.25, 0.3) is 0 Å². The number of methoxy groups -OCH3 is 1. The number of aromatic nitrogens is 2. The molecule has 0 aliphatic rings. The summed E-state index contributed by atoms with van der Waals surface area (Å²) in [7, 11) is -0.126. The van der Waals surface area contributed by atoms with Gasteiger partial charge in [-0.2, -0.15) is 0 Å². The Hall–Kier alpha value is -2.64. The van der Waals surface area contributed by atoms with Gasteiger partial charge in [0.15, 0.2) is 0 Å². The Morgan fingerprint density at radius 1 is 1.25 bits per heavy atom. The third-order valence-electron chi connectivity index (χ3n) is 4.05. The second kappa shape index (κ2) is 6.47. The molecule has 2 aromatic carbocycles. The van der Waals surface area contributed by atoms with Crippen LogP contribution in [0.1, 0.15) is 21.5 Å². The monoisotopic (exact) mass is 324 g/mol. The largest absolute Gasteiger partial charge is 0.488 e. The molecule has 0 aliphatic heterocycles. The summed E-state index contributed by atoms with van der Waals surface area (Å²) in [5.41, 5.74) is 4.54. The van der Waals surface area contributed by atoms with Gasteiger partial charge in [0.05, 0.1) is 30.0 Å². The number of hydrogen-bond donors (Lipinski definition) is 2. The van der Waals surface area contributed by atoms with Crippen molar-refractivity contribution in [2.24, 2.45) is 0 Å². The number of carbonyl (C=O) groups is 1. The zero-order valence-corrected chi connectivity index (χ0v) is 13.4. The van der Waals surface area contributed by atoms with Crippen LogP contribution in [0.3, 0.4) is 0 Å². The third-order valence-corrected chi connectivity index (χ3v) is 4.05. The molecular weight excluding hydrogens is 307 g/mol. The highest BCUT2D eigenvalue weighted by Crippen LogP contribution is 2.18. The number of aryl methyl sites for hydroxylation is 1. The van der Waals surface area contributed by atoms with Crippen LogP contribution in [0.4, 0.5) is 0 Å². The highest BCUT2D eigenvalue weighted by molar-refractivity contribution is 6.58. The summed E-state index contributed by atoms with van der Waals surface area (Å²) in [5.74, 6) is -0.387.